The van der Waals surface area contributed by atoms with Crippen molar-refractivity contribution < 1.29 is 14.0 Å². The number of primary amides is 1. The number of hydrogen-bond acceptors (Lipinski definition) is 4. The van der Waals surface area contributed by atoms with Crippen molar-refractivity contribution >= 4 is 44.9 Å². The Morgan fingerprint density at radius 1 is 1.53 bits per heavy atom. The van der Waals surface area contributed by atoms with Crippen LogP contribution in [0.25, 0.3) is 11.1 Å². The van der Waals surface area contributed by atoms with Gasteiger partial charge in [-0.25, -0.2) is 0 Å². The number of aromatic nitrogens is 1. The zero-order valence-corrected chi connectivity index (χ0v) is 11.4. The van der Waals surface area contributed by atoms with Gasteiger partial charge in [-0.3, -0.25) is 14.5 Å². The summed E-state index contributed by atoms with van der Waals surface area (Å²) in [4.78, 5) is 28.6. The van der Waals surface area contributed by atoms with Crippen molar-refractivity contribution in [1.29, 1.82) is 0 Å². The first-order valence-electron chi connectivity index (χ1n) is 5.70. The molecule has 1 unspecified atom stereocenters. The van der Waals surface area contributed by atoms with E-state index in [0.717, 1.165) is 4.47 Å². The number of carbonyl (C=O) groups is 2. The van der Waals surface area contributed by atoms with E-state index >= 15 is 0 Å². The molecule has 98 valence electrons. The predicted octanol–water partition coefficient (Wildman–Crippen LogP) is 1.43. The van der Waals surface area contributed by atoms with Gasteiger partial charge in [0.05, 0.1) is 5.92 Å². The van der Waals surface area contributed by atoms with Gasteiger partial charge in [0, 0.05) is 17.4 Å². The standard InChI is InChI=1S/C12H10BrN3O3/c13-7-1-2-8-9(4-7)19-12(15-8)16-5-6(11(14)18)3-10(16)17/h1-2,4,6H,3,5H2,(H2,14,18). The summed E-state index contributed by atoms with van der Waals surface area (Å²) in [7, 11) is 0. The molecule has 1 aliphatic rings. The van der Waals surface area contributed by atoms with Crippen LogP contribution in [0.1, 0.15) is 6.42 Å². The largest absolute Gasteiger partial charge is 0.423 e. The molecular weight excluding hydrogens is 314 g/mol. The minimum atomic E-state index is -0.478. The lowest BCUT2D eigenvalue weighted by Crippen LogP contribution is -2.28. The number of rotatable bonds is 2. The summed E-state index contributed by atoms with van der Waals surface area (Å²) in [6.45, 7) is 0.224. The summed E-state index contributed by atoms with van der Waals surface area (Å²) in [5.41, 5.74) is 6.46. The fraction of sp³-hybridized carbons (Fsp3) is 0.250. The second-order valence-electron chi connectivity index (χ2n) is 4.42. The first-order chi connectivity index (χ1) is 9.04. The lowest BCUT2D eigenvalue weighted by Gasteiger charge is -2.09. The molecule has 1 saturated heterocycles. The van der Waals surface area contributed by atoms with Crippen LogP contribution in [0.5, 0.6) is 0 Å². The van der Waals surface area contributed by atoms with Gasteiger partial charge in [0.1, 0.15) is 5.52 Å². The molecular formula is C12H10BrN3O3. The molecule has 1 atom stereocenters. The molecule has 0 saturated carbocycles. The van der Waals surface area contributed by atoms with E-state index < -0.39 is 11.8 Å². The molecule has 2 heterocycles. The Morgan fingerprint density at radius 2 is 2.32 bits per heavy atom. The van der Waals surface area contributed by atoms with Crippen LogP contribution in [-0.4, -0.2) is 23.3 Å². The maximum Gasteiger partial charge on any atom is 0.305 e. The van der Waals surface area contributed by atoms with Crippen LogP contribution < -0.4 is 10.6 Å². The van der Waals surface area contributed by atoms with E-state index in [9.17, 15) is 9.59 Å². The number of carbonyl (C=O) groups excluding carboxylic acids is 2. The molecule has 1 aromatic carbocycles. The normalized spacial score (nSPS) is 19.3. The van der Waals surface area contributed by atoms with Crippen LogP contribution in [0.3, 0.4) is 0 Å². The van der Waals surface area contributed by atoms with Gasteiger partial charge < -0.3 is 10.2 Å². The van der Waals surface area contributed by atoms with E-state index in [0.29, 0.717) is 11.1 Å². The summed E-state index contributed by atoms with van der Waals surface area (Å²) in [5, 5.41) is 0. The molecule has 3 rings (SSSR count). The van der Waals surface area contributed by atoms with E-state index in [1.807, 2.05) is 6.07 Å². The Kier molecular flexibility index (Phi) is 2.78. The number of benzene rings is 1. The van der Waals surface area contributed by atoms with Crippen molar-refractivity contribution in [2.75, 3.05) is 11.4 Å². The average molecular weight is 324 g/mol. The maximum atomic E-state index is 11.8. The zero-order valence-electron chi connectivity index (χ0n) is 9.80. The molecule has 0 bridgehead atoms. The fourth-order valence-corrected chi connectivity index (χ4v) is 2.42. The molecule has 2 N–H and O–H groups in total. The SMILES string of the molecule is NC(=O)C1CC(=O)N(c2nc3ccc(Br)cc3o2)C1. The third kappa shape index (κ3) is 2.10. The number of oxazole rings is 1. The summed E-state index contributed by atoms with van der Waals surface area (Å²) < 4.78 is 6.41. The van der Waals surface area contributed by atoms with E-state index in [4.69, 9.17) is 10.2 Å². The van der Waals surface area contributed by atoms with Crippen LogP contribution in [-0.2, 0) is 9.59 Å². The van der Waals surface area contributed by atoms with Gasteiger partial charge in [0.2, 0.25) is 11.8 Å². The van der Waals surface area contributed by atoms with Gasteiger partial charge in [-0.15, -0.1) is 0 Å². The summed E-state index contributed by atoms with van der Waals surface area (Å²) in [6.07, 6.45) is 0.109. The molecule has 0 aliphatic carbocycles. The Hall–Kier alpha value is -1.89. The highest BCUT2D eigenvalue weighted by Crippen LogP contribution is 2.29. The summed E-state index contributed by atoms with van der Waals surface area (Å²) >= 11 is 3.34. The van der Waals surface area contributed by atoms with Crippen molar-refractivity contribution in [3.05, 3.63) is 22.7 Å². The third-order valence-corrected chi connectivity index (χ3v) is 3.59. The molecule has 0 spiro atoms. The molecule has 7 heteroatoms. The molecule has 1 aromatic heterocycles. The molecule has 0 radical (unpaired) electrons. The van der Waals surface area contributed by atoms with Crippen molar-refractivity contribution in [2.45, 2.75) is 6.42 Å². The Labute approximate surface area is 116 Å². The molecule has 2 aromatic rings. The van der Waals surface area contributed by atoms with Crippen LogP contribution in [0.15, 0.2) is 27.1 Å². The Balaban J connectivity index is 1.96. The van der Waals surface area contributed by atoms with Crippen molar-refractivity contribution in [1.82, 2.24) is 4.98 Å². The molecule has 1 fully saturated rings. The minimum Gasteiger partial charge on any atom is -0.423 e. The van der Waals surface area contributed by atoms with E-state index in [2.05, 4.69) is 20.9 Å². The van der Waals surface area contributed by atoms with Crippen LogP contribution >= 0.6 is 15.9 Å². The van der Waals surface area contributed by atoms with Gasteiger partial charge >= 0.3 is 6.01 Å². The van der Waals surface area contributed by atoms with Crippen molar-refractivity contribution in [3.63, 3.8) is 0 Å². The van der Waals surface area contributed by atoms with E-state index in [1.54, 1.807) is 12.1 Å². The van der Waals surface area contributed by atoms with Crippen LogP contribution in [0.2, 0.25) is 0 Å². The Morgan fingerprint density at radius 3 is 3.00 bits per heavy atom. The topological polar surface area (TPSA) is 89.4 Å². The number of halogens is 1. The lowest BCUT2D eigenvalue weighted by atomic mass is 10.1. The van der Waals surface area contributed by atoms with Gasteiger partial charge in [-0.2, -0.15) is 4.98 Å². The lowest BCUT2D eigenvalue weighted by molar-refractivity contribution is -0.123. The second kappa shape index (κ2) is 4.34. The molecule has 1 aliphatic heterocycles. The molecule has 2 amide bonds. The quantitative estimate of drug-likeness (QED) is 0.905. The van der Waals surface area contributed by atoms with Gasteiger partial charge in [-0.05, 0) is 18.2 Å². The minimum absolute atomic E-state index is 0.109. The van der Waals surface area contributed by atoms with Gasteiger partial charge in [0.15, 0.2) is 5.58 Å². The van der Waals surface area contributed by atoms with Crippen LogP contribution in [0.4, 0.5) is 6.01 Å². The fourth-order valence-electron chi connectivity index (χ4n) is 2.08. The first kappa shape index (κ1) is 12.2. The van der Waals surface area contributed by atoms with Crippen molar-refractivity contribution in [2.24, 2.45) is 11.7 Å². The molecule has 6 nitrogen and oxygen atoms in total. The summed E-state index contributed by atoms with van der Waals surface area (Å²) in [6, 6.07) is 5.62. The summed E-state index contributed by atoms with van der Waals surface area (Å²) in [5.74, 6) is -1.15. The smallest absolute Gasteiger partial charge is 0.305 e. The van der Waals surface area contributed by atoms with Crippen LogP contribution in [0, 0.1) is 5.92 Å². The zero-order chi connectivity index (χ0) is 13.6. The highest BCUT2D eigenvalue weighted by molar-refractivity contribution is 9.10. The van der Waals surface area contributed by atoms with Gasteiger partial charge in [-0.1, -0.05) is 15.9 Å². The number of amides is 2. The van der Waals surface area contributed by atoms with E-state index in [1.165, 1.54) is 4.90 Å². The third-order valence-electron chi connectivity index (χ3n) is 3.10. The second-order valence-corrected chi connectivity index (χ2v) is 5.33. The number of nitrogens with two attached hydrogens (primary N) is 1. The number of hydrogen-bond donors (Lipinski definition) is 1. The van der Waals surface area contributed by atoms with Crippen molar-refractivity contribution in [3.8, 4) is 0 Å². The Bertz CT molecular complexity index is 682. The number of anilines is 1. The molecule has 19 heavy (non-hydrogen) atoms. The van der Waals surface area contributed by atoms with Gasteiger partial charge in [0.25, 0.3) is 0 Å². The number of fused-ring (bicyclic) bond motifs is 1. The predicted molar refractivity (Wildman–Crippen MR) is 71.4 cm³/mol. The highest BCUT2D eigenvalue weighted by atomic mass is 79.9. The first-order valence-corrected chi connectivity index (χ1v) is 6.49. The monoisotopic (exact) mass is 323 g/mol. The maximum absolute atomic E-state index is 11.8. The number of nitrogens with zero attached hydrogens (tertiary/aromatic N) is 2. The van der Waals surface area contributed by atoms with E-state index in [-0.39, 0.29) is 24.9 Å². The highest BCUT2D eigenvalue weighted by Gasteiger charge is 2.36. The average Bonchev–Trinajstić information content (AvgIpc) is 2.91.